The Balaban J connectivity index is 1.29. The van der Waals surface area contributed by atoms with Gasteiger partial charge in [-0.2, -0.15) is 0 Å². The van der Waals surface area contributed by atoms with Crippen LogP contribution in [0.1, 0.15) is 39.3 Å². The van der Waals surface area contributed by atoms with Gasteiger partial charge < -0.3 is 9.64 Å². The van der Waals surface area contributed by atoms with Gasteiger partial charge in [-0.25, -0.2) is 4.98 Å². The van der Waals surface area contributed by atoms with Crippen molar-refractivity contribution in [2.75, 3.05) is 37.6 Å². The number of rotatable bonds is 6. The van der Waals surface area contributed by atoms with Crippen molar-refractivity contribution in [2.45, 2.75) is 45.8 Å². The summed E-state index contributed by atoms with van der Waals surface area (Å²) in [6.07, 6.45) is 5.99. The van der Waals surface area contributed by atoms with Gasteiger partial charge in [0.25, 0.3) is 0 Å². The summed E-state index contributed by atoms with van der Waals surface area (Å²) >= 11 is 1.39. The van der Waals surface area contributed by atoms with Crippen LogP contribution < -0.4 is 4.90 Å². The Kier molecular flexibility index (Phi) is 8.13. The summed E-state index contributed by atoms with van der Waals surface area (Å²) in [6, 6.07) is 9.46. The molecule has 2 atom stereocenters. The maximum atomic E-state index is 12.7. The number of benzene rings is 1. The Morgan fingerprint density at radius 1 is 1.15 bits per heavy atom. The van der Waals surface area contributed by atoms with Crippen LogP contribution in [0.25, 0.3) is 6.08 Å². The summed E-state index contributed by atoms with van der Waals surface area (Å²) in [5.41, 5.74) is 1.46. The Bertz CT molecular complexity index is 990. The van der Waals surface area contributed by atoms with Gasteiger partial charge in [-0.05, 0) is 50.8 Å². The molecule has 2 saturated heterocycles. The first-order chi connectivity index (χ1) is 16.4. The predicted octanol–water partition coefficient (Wildman–Crippen LogP) is 4.19. The third-order valence-electron chi connectivity index (χ3n) is 6.36. The van der Waals surface area contributed by atoms with Crippen LogP contribution in [0.4, 0.5) is 10.8 Å². The number of ether oxygens (including phenoxy) is 1. The molecule has 3 heterocycles. The summed E-state index contributed by atoms with van der Waals surface area (Å²) in [5, 5.41) is 2.47. The van der Waals surface area contributed by atoms with Crippen molar-refractivity contribution in [1.82, 2.24) is 14.8 Å². The van der Waals surface area contributed by atoms with Crippen molar-refractivity contribution in [2.24, 2.45) is 5.92 Å². The number of carbonyl (C=O) groups excluding carboxylic acids is 2. The molecule has 2 aromatic rings. The molecule has 4 rings (SSSR count). The van der Waals surface area contributed by atoms with Gasteiger partial charge in [0.1, 0.15) is 0 Å². The highest BCUT2D eigenvalue weighted by molar-refractivity contribution is 7.14. The van der Waals surface area contributed by atoms with E-state index >= 15 is 0 Å². The molecule has 0 saturated carbocycles. The molecule has 1 aromatic heterocycles. The van der Waals surface area contributed by atoms with Crippen molar-refractivity contribution in [3.05, 3.63) is 47.5 Å². The van der Waals surface area contributed by atoms with E-state index in [4.69, 9.17) is 4.74 Å². The van der Waals surface area contributed by atoms with Crippen LogP contribution in [0.2, 0.25) is 0 Å². The number of likely N-dealkylation sites (tertiary alicyclic amines) is 1. The zero-order valence-corrected chi connectivity index (χ0v) is 21.0. The lowest BCUT2D eigenvalue weighted by atomic mass is 9.95. The number of aromatic nitrogens is 1. The fourth-order valence-electron chi connectivity index (χ4n) is 4.86. The molecular formula is C26H34N4O3S. The molecule has 2 amide bonds. The number of amides is 2. The lowest BCUT2D eigenvalue weighted by Crippen LogP contribution is -2.48. The molecule has 34 heavy (non-hydrogen) atoms. The van der Waals surface area contributed by atoms with Crippen molar-refractivity contribution >= 4 is 40.0 Å². The normalized spacial score (nSPS) is 22.3. The highest BCUT2D eigenvalue weighted by Crippen LogP contribution is 2.29. The number of hydrogen-bond donors (Lipinski definition) is 0. The molecule has 1 aromatic carbocycles. The standard InChI is InChI=1S/C26H34N4O3S/c1-19-15-28(16-20(2)33-19)17-22-11-13-29(14-12-22)25(32)10-9-23-18-34-26(27-23)30(21(3)31)24-7-5-4-6-8-24/h4-10,18-20,22H,11-17H2,1-3H3/b10-9+. The number of thiazole rings is 1. The number of hydrogen-bond acceptors (Lipinski definition) is 6. The fourth-order valence-corrected chi connectivity index (χ4v) is 5.71. The minimum atomic E-state index is -0.101. The molecule has 0 spiro atoms. The van der Waals surface area contributed by atoms with E-state index in [-0.39, 0.29) is 24.0 Å². The van der Waals surface area contributed by atoms with E-state index in [1.807, 2.05) is 40.6 Å². The minimum absolute atomic E-state index is 0.0214. The summed E-state index contributed by atoms with van der Waals surface area (Å²) < 4.78 is 5.84. The smallest absolute Gasteiger partial charge is 0.246 e. The van der Waals surface area contributed by atoms with E-state index in [2.05, 4.69) is 23.7 Å². The molecule has 8 heteroatoms. The van der Waals surface area contributed by atoms with Crippen LogP contribution in [-0.4, -0.2) is 71.5 Å². The Hall–Kier alpha value is -2.55. The molecule has 182 valence electrons. The molecule has 7 nitrogen and oxygen atoms in total. The lowest BCUT2D eigenvalue weighted by molar-refractivity contribution is -0.127. The van der Waals surface area contributed by atoms with Gasteiger partial charge in [-0.1, -0.05) is 18.2 Å². The molecule has 2 unspecified atom stereocenters. The third kappa shape index (κ3) is 6.31. The molecule has 2 aliphatic rings. The average molecular weight is 483 g/mol. The van der Waals surface area contributed by atoms with Gasteiger partial charge in [0, 0.05) is 51.1 Å². The molecule has 0 aliphatic carbocycles. The van der Waals surface area contributed by atoms with Gasteiger partial charge >= 0.3 is 0 Å². The Morgan fingerprint density at radius 2 is 1.82 bits per heavy atom. The summed E-state index contributed by atoms with van der Waals surface area (Å²) in [5.74, 6) is 0.547. The highest BCUT2D eigenvalue weighted by atomic mass is 32.1. The maximum Gasteiger partial charge on any atom is 0.246 e. The molecule has 0 bridgehead atoms. The highest BCUT2D eigenvalue weighted by Gasteiger charge is 2.27. The lowest BCUT2D eigenvalue weighted by Gasteiger charge is -2.39. The largest absolute Gasteiger partial charge is 0.373 e. The minimum Gasteiger partial charge on any atom is -0.373 e. The Labute approximate surface area is 206 Å². The van der Waals surface area contributed by atoms with Gasteiger partial charge in [-0.15, -0.1) is 11.3 Å². The number of piperidine rings is 1. The van der Waals surface area contributed by atoms with Crippen molar-refractivity contribution in [3.8, 4) is 0 Å². The number of para-hydroxylation sites is 1. The van der Waals surface area contributed by atoms with Crippen LogP contribution in [-0.2, 0) is 14.3 Å². The van der Waals surface area contributed by atoms with E-state index in [1.165, 1.54) is 18.3 Å². The van der Waals surface area contributed by atoms with E-state index in [0.717, 1.165) is 51.3 Å². The summed E-state index contributed by atoms with van der Waals surface area (Å²) in [6.45, 7) is 10.5. The number of carbonyl (C=O) groups is 2. The van der Waals surface area contributed by atoms with Gasteiger partial charge in [0.05, 0.1) is 23.6 Å². The van der Waals surface area contributed by atoms with Crippen molar-refractivity contribution in [3.63, 3.8) is 0 Å². The second-order valence-electron chi connectivity index (χ2n) is 9.32. The van der Waals surface area contributed by atoms with Gasteiger partial charge in [-0.3, -0.25) is 19.4 Å². The summed E-state index contributed by atoms with van der Waals surface area (Å²) in [4.78, 5) is 35.6. The van der Waals surface area contributed by atoms with Crippen molar-refractivity contribution in [1.29, 1.82) is 0 Å². The maximum absolute atomic E-state index is 12.7. The topological polar surface area (TPSA) is 66.0 Å². The van der Waals surface area contributed by atoms with Crippen LogP contribution >= 0.6 is 11.3 Å². The van der Waals surface area contributed by atoms with Gasteiger partial charge in [0.2, 0.25) is 11.8 Å². The number of morpholine rings is 1. The SMILES string of the molecule is CC(=O)N(c1ccccc1)c1nc(/C=C/C(=O)N2CCC(CN3CC(C)OC(C)C3)CC2)cs1. The zero-order valence-electron chi connectivity index (χ0n) is 20.2. The predicted molar refractivity (Wildman–Crippen MR) is 136 cm³/mol. The first-order valence-corrected chi connectivity index (χ1v) is 12.9. The van der Waals surface area contributed by atoms with E-state index < -0.39 is 0 Å². The first-order valence-electron chi connectivity index (χ1n) is 12.0. The first kappa shape index (κ1) is 24.6. The van der Waals surface area contributed by atoms with E-state index in [0.29, 0.717) is 16.7 Å². The third-order valence-corrected chi connectivity index (χ3v) is 7.21. The fraction of sp³-hybridized carbons (Fsp3) is 0.500. The molecular weight excluding hydrogens is 448 g/mol. The van der Waals surface area contributed by atoms with Gasteiger partial charge in [0.15, 0.2) is 5.13 Å². The van der Waals surface area contributed by atoms with Crippen LogP contribution in [0, 0.1) is 5.92 Å². The summed E-state index contributed by atoms with van der Waals surface area (Å²) in [7, 11) is 0. The molecule has 0 N–H and O–H groups in total. The monoisotopic (exact) mass is 482 g/mol. The second kappa shape index (κ2) is 11.3. The molecule has 0 radical (unpaired) electrons. The number of nitrogens with zero attached hydrogens (tertiary/aromatic N) is 4. The quantitative estimate of drug-likeness (QED) is 0.578. The molecule has 2 fully saturated rings. The van der Waals surface area contributed by atoms with E-state index in [1.54, 1.807) is 17.1 Å². The Morgan fingerprint density at radius 3 is 2.47 bits per heavy atom. The number of anilines is 2. The van der Waals surface area contributed by atoms with E-state index in [9.17, 15) is 9.59 Å². The second-order valence-corrected chi connectivity index (χ2v) is 10.2. The van der Waals surface area contributed by atoms with Crippen LogP contribution in [0.15, 0.2) is 41.8 Å². The average Bonchev–Trinajstić information content (AvgIpc) is 3.26. The van der Waals surface area contributed by atoms with Crippen LogP contribution in [0.5, 0.6) is 0 Å². The van der Waals surface area contributed by atoms with Crippen LogP contribution in [0.3, 0.4) is 0 Å². The van der Waals surface area contributed by atoms with Crippen molar-refractivity contribution < 1.29 is 14.3 Å². The molecule has 2 aliphatic heterocycles. The zero-order chi connectivity index (χ0) is 24.1.